The Kier molecular flexibility index (Phi) is 7.43. The highest BCUT2D eigenvalue weighted by Crippen LogP contribution is 2.42. The molecular weight excluding hydrogens is 314 g/mol. The predicted molar refractivity (Wildman–Crippen MR) is 117 cm³/mol. The zero-order valence-corrected chi connectivity index (χ0v) is 17.5. The number of unbranched alkanes of at least 4 members (excludes halogenated alkanes) is 1. The van der Waals surface area contributed by atoms with Crippen molar-refractivity contribution in [3.05, 3.63) is 58.9 Å². The third kappa shape index (κ3) is 4.96. The summed E-state index contributed by atoms with van der Waals surface area (Å²) in [6.45, 7) is 17.9. The van der Waals surface area contributed by atoms with Gasteiger partial charge < -0.3 is 0 Å². The van der Waals surface area contributed by atoms with Crippen molar-refractivity contribution in [3.63, 3.8) is 0 Å². The van der Waals surface area contributed by atoms with Crippen molar-refractivity contribution in [2.75, 3.05) is 0 Å². The van der Waals surface area contributed by atoms with Crippen LogP contribution in [0.3, 0.4) is 0 Å². The minimum atomic E-state index is 0.0812. The fourth-order valence-electron chi connectivity index (χ4n) is 4.05. The van der Waals surface area contributed by atoms with Crippen LogP contribution in [0.15, 0.2) is 63.9 Å². The molecule has 0 spiro atoms. The fraction of sp³-hybridized carbons (Fsp3) is 0.560. The molecule has 0 bridgehead atoms. The third-order valence-electron chi connectivity index (χ3n) is 6.06. The molecule has 0 saturated heterocycles. The van der Waals surface area contributed by atoms with Crippen molar-refractivity contribution in [3.8, 4) is 0 Å². The summed E-state index contributed by atoms with van der Waals surface area (Å²) in [6, 6.07) is 0. The van der Waals surface area contributed by atoms with Crippen LogP contribution in [0.2, 0.25) is 0 Å². The Labute approximate surface area is 161 Å². The van der Waals surface area contributed by atoms with Crippen molar-refractivity contribution in [2.45, 2.75) is 85.5 Å². The summed E-state index contributed by atoms with van der Waals surface area (Å²) < 4.78 is 0. The normalized spacial score (nSPS) is 22.9. The maximum absolute atomic E-state index is 4.64. The average molecular weight is 352 g/mol. The standard InChI is InChI=1S/C25H37N/c1-7-9-11-23-15-16-25(6,18-20(23)4)21(5)14-13-19(3)24-22(8-2)12-10-17-26-24/h15-17H,3,5,7-14,18H2,1-2,4,6H3. The van der Waals surface area contributed by atoms with Gasteiger partial charge in [-0.25, -0.2) is 0 Å². The molecule has 0 amide bonds. The smallest absolute Gasteiger partial charge is 0.0643 e. The molecule has 2 aliphatic rings. The van der Waals surface area contributed by atoms with Crippen LogP contribution in [0.5, 0.6) is 0 Å². The minimum Gasteiger partial charge on any atom is -0.261 e. The second-order valence-corrected chi connectivity index (χ2v) is 8.20. The van der Waals surface area contributed by atoms with Crippen molar-refractivity contribution < 1.29 is 0 Å². The van der Waals surface area contributed by atoms with Crippen LogP contribution >= 0.6 is 0 Å². The van der Waals surface area contributed by atoms with Gasteiger partial charge in [-0.1, -0.05) is 63.6 Å². The molecule has 0 fully saturated rings. The van der Waals surface area contributed by atoms with Crippen LogP contribution in [0.1, 0.15) is 85.5 Å². The first-order chi connectivity index (χ1) is 12.4. The van der Waals surface area contributed by atoms with E-state index in [0.717, 1.165) is 44.2 Å². The fourth-order valence-corrected chi connectivity index (χ4v) is 4.05. The topological polar surface area (TPSA) is 12.4 Å². The van der Waals surface area contributed by atoms with Gasteiger partial charge in [0, 0.05) is 11.6 Å². The van der Waals surface area contributed by atoms with E-state index in [1.165, 1.54) is 47.1 Å². The van der Waals surface area contributed by atoms with Crippen molar-refractivity contribution in [1.82, 2.24) is 0 Å². The van der Waals surface area contributed by atoms with Gasteiger partial charge in [0.2, 0.25) is 0 Å². The molecule has 26 heavy (non-hydrogen) atoms. The number of rotatable bonds is 9. The molecule has 1 nitrogen and oxygen atoms in total. The van der Waals surface area contributed by atoms with Crippen molar-refractivity contribution >= 4 is 6.21 Å². The van der Waals surface area contributed by atoms with Gasteiger partial charge in [-0.3, -0.25) is 4.99 Å². The molecule has 0 aromatic rings. The van der Waals surface area contributed by atoms with E-state index in [1.807, 2.05) is 6.21 Å². The molecule has 1 heterocycles. The first kappa shape index (κ1) is 20.7. The Hall–Kier alpha value is -1.63. The van der Waals surface area contributed by atoms with E-state index in [4.69, 9.17) is 0 Å². The molecule has 142 valence electrons. The first-order valence-corrected chi connectivity index (χ1v) is 10.4. The van der Waals surface area contributed by atoms with Gasteiger partial charge in [0.15, 0.2) is 0 Å². The van der Waals surface area contributed by atoms with E-state index in [0.29, 0.717) is 0 Å². The van der Waals surface area contributed by atoms with E-state index in [1.54, 1.807) is 0 Å². The van der Waals surface area contributed by atoms with Gasteiger partial charge in [0.1, 0.15) is 0 Å². The summed E-state index contributed by atoms with van der Waals surface area (Å²) in [5.41, 5.74) is 8.28. The molecule has 0 aromatic carbocycles. The molecular formula is C25H37N. The summed E-state index contributed by atoms with van der Waals surface area (Å²) in [5, 5.41) is 0. The van der Waals surface area contributed by atoms with Gasteiger partial charge in [0.25, 0.3) is 0 Å². The van der Waals surface area contributed by atoms with Gasteiger partial charge in [-0.15, -0.1) is 0 Å². The van der Waals surface area contributed by atoms with Crippen LogP contribution in [-0.2, 0) is 0 Å². The zero-order chi connectivity index (χ0) is 19.2. The second kappa shape index (κ2) is 9.35. The van der Waals surface area contributed by atoms with Crippen LogP contribution in [-0.4, -0.2) is 6.21 Å². The highest BCUT2D eigenvalue weighted by molar-refractivity contribution is 5.63. The summed E-state index contributed by atoms with van der Waals surface area (Å²) >= 11 is 0. The molecule has 1 heteroatoms. The lowest BCUT2D eigenvalue weighted by molar-refractivity contribution is 0.479. The van der Waals surface area contributed by atoms with Crippen LogP contribution < -0.4 is 0 Å². The lowest BCUT2D eigenvalue weighted by Gasteiger charge is -2.33. The van der Waals surface area contributed by atoms with E-state index in [9.17, 15) is 0 Å². The summed E-state index contributed by atoms with van der Waals surface area (Å²) in [7, 11) is 0. The summed E-state index contributed by atoms with van der Waals surface area (Å²) in [5.74, 6) is 0. The van der Waals surface area contributed by atoms with E-state index in [2.05, 4.69) is 58.0 Å². The molecule has 1 aliphatic heterocycles. The van der Waals surface area contributed by atoms with Crippen LogP contribution in [0.25, 0.3) is 0 Å². The Morgan fingerprint density at radius 1 is 1.23 bits per heavy atom. The summed E-state index contributed by atoms with van der Waals surface area (Å²) in [6.07, 6.45) is 16.9. The number of hydrogen-bond donors (Lipinski definition) is 0. The van der Waals surface area contributed by atoms with Crippen LogP contribution in [0.4, 0.5) is 0 Å². The largest absolute Gasteiger partial charge is 0.261 e. The predicted octanol–water partition coefficient (Wildman–Crippen LogP) is 7.88. The van der Waals surface area contributed by atoms with E-state index < -0.39 is 0 Å². The molecule has 0 aromatic heterocycles. The Morgan fingerprint density at radius 3 is 2.65 bits per heavy atom. The molecule has 1 atom stereocenters. The highest BCUT2D eigenvalue weighted by atomic mass is 14.7. The second-order valence-electron chi connectivity index (χ2n) is 8.20. The molecule has 0 N–H and O–H groups in total. The Bertz CT molecular complexity index is 668. The van der Waals surface area contributed by atoms with Gasteiger partial charge in [0.05, 0.1) is 5.70 Å². The number of allylic oxidation sites excluding steroid dienone is 7. The quantitative estimate of drug-likeness (QED) is 0.375. The number of aliphatic imine (C=N–C) groups is 1. The maximum Gasteiger partial charge on any atom is 0.0643 e. The molecule has 2 rings (SSSR count). The number of hydrogen-bond acceptors (Lipinski definition) is 1. The molecule has 0 saturated carbocycles. The van der Waals surface area contributed by atoms with Gasteiger partial charge >= 0.3 is 0 Å². The van der Waals surface area contributed by atoms with Gasteiger partial charge in [-0.2, -0.15) is 0 Å². The average Bonchev–Trinajstić information content (AvgIpc) is 2.65. The Morgan fingerprint density at radius 2 is 2.00 bits per heavy atom. The minimum absolute atomic E-state index is 0.0812. The Balaban J connectivity index is 1.97. The monoisotopic (exact) mass is 351 g/mol. The third-order valence-corrected chi connectivity index (χ3v) is 6.06. The summed E-state index contributed by atoms with van der Waals surface area (Å²) in [4.78, 5) is 4.64. The number of nitrogens with zero attached hydrogens (tertiary/aromatic N) is 1. The SMILES string of the molecule is C=C(CCC(=C)C1(C)C=CC(CCCC)=C(C)C1)C1=C(CC)CCC=N1. The van der Waals surface area contributed by atoms with E-state index in [-0.39, 0.29) is 5.41 Å². The highest BCUT2D eigenvalue weighted by Gasteiger charge is 2.28. The van der Waals surface area contributed by atoms with Crippen molar-refractivity contribution in [2.24, 2.45) is 10.4 Å². The van der Waals surface area contributed by atoms with Crippen molar-refractivity contribution in [1.29, 1.82) is 0 Å². The lowest BCUT2D eigenvalue weighted by Crippen LogP contribution is -2.20. The molecule has 0 radical (unpaired) electrons. The van der Waals surface area contributed by atoms with Gasteiger partial charge in [-0.05, 0) is 75.0 Å². The van der Waals surface area contributed by atoms with E-state index >= 15 is 0 Å². The first-order valence-electron chi connectivity index (χ1n) is 10.4. The maximum atomic E-state index is 4.64. The molecule has 1 aliphatic carbocycles. The molecule has 1 unspecified atom stereocenters. The van der Waals surface area contributed by atoms with Crippen LogP contribution in [0, 0.1) is 5.41 Å². The lowest BCUT2D eigenvalue weighted by atomic mass is 9.71. The zero-order valence-electron chi connectivity index (χ0n) is 17.5.